The van der Waals surface area contributed by atoms with Crippen molar-refractivity contribution >= 4 is 0 Å². The molecule has 0 saturated carbocycles. The van der Waals surface area contributed by atoms with Crippen molar-refractivity contribution in [1.29, 1.82) is 0 Å². The molecule has 0 aliphatic heterocycles. The van der Waals surface area contributed by atoms with Crippen LogP contribution < -0.4 is 5.69 Å². The molecule has 0 unspecified atom stereocenters. The van der Waals surface area contributed by atoms with Gasteiger partial charge in [0.25, 0.3) is 0 Å². The third kappa shape index (κ3) is 4.69. The first kappa shape index (κ1) is 21.7. The molecule has 0 saturated heterocycles. The predicted octanol–water partition coefficient (Wildman–Crippen LogP) is 4.08. The SMILES string of the molecule is CCCCCCc1nn(CC)c(=O)n1Cc1ccc(-c2ccccc2-c2nnn[nH]2)cc1. The molecular weight excluding hydrogens is 402 g/mol. The van der Waals surface area contributed by atoms with Crippen molar-refractivity contribution in [1.82, 2.24) is 35.0 Å². The number of aryl methyl sites for hydroxylation is 2. The zero-order chi connectivity index (χ0) is 22.3. The molecule has 0 aliphatic carbocycles. The number of aromatic nitrogens is 7. The third-order valence-electron chi connectivity index (χ3n) is 5.69. The van der Waals surface area contributed by atoms with E-state index in [4.69, 9.17) is 0 Å². The normalized spacial score (nSPS) is 11.2. The van der Waals surface area contributed by atoms with Gasteiger partial charge >= 0.3 is 5.69 Å². The molecule has 0 spiro atoms. The first-order valence-electron chi connectivity index (χ1n) is 11.3. The summed E-state index contributed by atoms with van der Waals surface area (Å²) in [6, 6.07) is 16.3. The Hall–Kier alpha value is -3.55. The number of hydrogen-bond donors (Lipinski definition) is 1. The van der Waals surface area contributed by atoms with Crippen LogP contribution in [0.15, 0.2) is 53.3 Å². The van der Waals surface area contributed by atoms with Crippen molar-refractivity contribution in [3.8, 4) is 22.5 Å². The van der Waals surface area contributed by atoms with E-state index in [1.54, 1.807) is 4.68 Å². The number of rotatable bonds is 10. The summed E-state index contributed by atoms with van der Waals surface area (Å²) in [6.07, 6.45) is 5.46. The van der Waals surface area contributed by atoms with Crippen molar-refractivity contribution in [2.24, 2.45) is 0 Å². The van der Waals surface area contributed by atoms with Crippen LogP contribution in [-0.2, 0) is 19.5 Å². The van der Waals surface area contributed by atoms with Crippen molar-refractivity contribution in [3.05, 3.63) is 70.4 Å². The summed E-state index contributed by atoms with van der Waals surface area (Å²) in [4.78, 5) is 12.8. The van der Waals surface area contributed by atoms with Crippen LogP contribution in [0.1, 0.15) is 50.9 Å². The van der Waals surface area contributed by atoms with E-state index < -0.39 is 0 Å². The summed E-state index contributed by atoms with van der Waals surface area (Å²) in [5.41, 5.74) is 4.09. The number of nitrogens with zero attached hydrogens (tertiary/aromatic N) is 6. The molecule has 0 bridgehead atoms. The van der Waals surface area contributed by atoms with Gasteiger partial charge in [-0.2, -0.15) is 5.10 Å². The maximum Gasteiger partial charge on any atom is 0.346 e. The summed E-state index contributed by atoms with van der Waals surface area (Å²) in [7, 11) is 0. The van der Waals surface area contributed by atoms with Crippen molar-refractivity contribution in [2.45, 2.75) is 59.0 Å². The van der Waals surface area contributed by atoms with Crippen molar-refractivity contribution in [2.75, 3.05) is 0 Å². The Morgan fingerprint density at radius 1 is 0.938 bits per heavy atom. The lowest BCUT2D eigenvalue weighted by molar-refractivity contribution is 0.612. The molecule has 0 fully saturated rings. The Labute approximate surface area is 187 Å². The molecular formula is C24H29N7O. The summed E-state index contributed by atoms with van der Waals surface area (Å²) >= 11 is 0. The summed E-state index contributed by atoms with van der Waals surface area (Å²) in [5.74, 6) is 1.51. The molecule has 2 aromatic carbocycles. The Morgan fingerprint density at radius 3 is 2.41 bits per heavy atom. The maximum atomic E-state index is 12.8. The van der Waals surface area contributed by atoms with Gasteiger partial charge in [-0.1, -0.05) is 74.7 Å². The van der Waals surface area contributed by atoms with Crippen molar-refractivity contribution < 1.29 is 0 Å². The van der Waals surface area contributed by atoms with Crippen LogP contribution in [0.5, 0.6) is 0 Å². The molecule has 0 atom stereocenters. The molecule has 1 N–H and O–H groups in total. The van der Waals surface area contributed by atoms with Gasteiger partial charge in [0.15, 0.2) is 5.82 Å². The maximum absolute atomic E-state index is 12.8. The summed E-state index contributed by atoms with van der Waals surface area (Å²) in [5, 5.41) is 18.8. The van der Waals surface area contributed by atoms with Gasteiger partial charge in [0.1, 0.15) is 5.82 Å². The lowest BCUT2D eigenvalue weighted by Crippen LogP contribution is -2.25. The number of aromatic amines is 1. The van der Waals surface area contributed by atoms with Gasteiger partial charge in [0, 0.05) is 18.5 Å². The largest absolute Gasteiger partial charge is 0.346 e. The average Bonchev–Trinajstić information content (AvgIpc) is 3.46. The first-order chi connectivity index (χ1) is 15.7. The molecule has 32 heavy (non-hydrogen) atoms. The second-order valence-corrected chi connectivity index (χ2v) is 7.90. The molecule has 2 heterocycles. The average molecular weight is 432 g/mol. The molecule has 4 aromatic rings. The smallest absolute Gasteiger partial charge is 0.274 e. The minimum absolute atomic E-state index is 0.0368. The van der Waals surface area contributed by atoms with Crippen LogP contribution in [0, 0.1) is 0 Å². The van der Waals surface area contributed by atoms with Crippen LogP contribution in [-0.4, -0.2) is 35.0 Å². The lowest BCUT2D eigenvalue weighted by Gasteiger charge is -2.09. The van der Waals surface area contributed by atoms with Crippen LogP contribution in [0.4, 0.5) is 0 Å². The second kappa shape index (κ2) is 10.2. The minimum atomic E-state index is -0.0368. The fraction of sp³-hybridized carbons (Fsp3) is 0.375. The number of unbranched alkanes of at least 4 members (excludes halogenated alkanes) is 3. The van der Waals surface area contributed by atoms with Gasteiger partial charge in [-0.15, -0.1) is 5.10 Å². The standard InChI is InChI=1S/C24H29N7O/c1-3-5-6-7-12-22-27-31(4-2)24(32)30(22)17-18-13-15-19(16-14-18)20-10-8-9-11-21(20)23-25-28-29-26-23/h8-11,13-16H,3-7,12,17H2,1-2H3,(H,25,26,28,29). The Kier molecular flexibility index (Phi) is 6.89. The highest BCUT2D eigenvalue weighted by Crippen LogP contribution is 2.29. The van der Waals surface area contributed by atoms with E-state index in [0.717, 1.165) is 40.9 Å². The van der Waals surface area contributed by atoms with E-state index >= 15 is 0 Å². The van der Waals surface area contributed by atoms with E-state index in [1.165, 1.54) is 19.3 Å². The van der Waals surface area contributed by atoms with E-state index in [1.807, 2.05) is 29.7 Å². The van der Waals surface area contributed by atoms with Gasteiger partial charge in [-0.3, -0.25) is 4.57 Å². The highest BCUT2D eigenvalue weighted by Gasteiger charge is 2.14. The zero-order valence-corrected chi connectivity index (χ0v) is 18.7. The van der Waals surface area contributed by atoms with E-state index in [-0.39, 0.29) is 5.69 Å². The van der Waals surface area contributed by atoms with Crippen molar-refractivity contribution in [3.63, 3.8) is 0 Å². The number of tetrazole rings is 1. The molecule has 0 radical (unpaired) electrons. The molecule has 0 amide bonds. The molecule has 8 nitrogen and oxygen atoms in total. The topological polar surface area (TPSA) is 94.3 Å². The van der Waals surface area contributed by atoms with Gasteiger partial charge < -0.3 is 0 Å². The lowest BCUT2D eigenvalue weighted by atomic mass is 9.98. The van der Waals surface area contributed by atoms with Crippen LogP contribution in [0.2, 0.25) is 0 Å². The predicted molar refractivity (Wildman–Crippen MR) is 124 cm³/mol. The number of H-pyrrole nitrogens is 1. The van der Waals surface area contributed by atoms with Gasteiger partial charge in [0.2, 0.25) is 0 Å². The first-order valence-corrected chi connectivity index (χ1v) is 11.3. The molecule has 2 aromatic heterocycles. The summed E-state index contributed by atoms with van der Waals surface area (Å²) < 4.78 is 3.38. The zero-order valence-electron chi connectivity index (χ0n) is 18.7. The number of benzene rings is 2. The highest BCUT2D eigenvalue weighted by atomic mass is 16.2. The Bertz CT molecular complexity index is 1190. The molecule has 0 aliphatic rings. The van der Waals surface area contributed by atoms with E-state index in [9.17, 15) is 4.79 Å². The minimum Gasteiger partial charge on any atom is -0.274 e. The molecule has 8 heteroatoms. The number of nitrogens with one attached hydrogen (secondary N) is 1. The summed E-state index contributed by atoms with van der Waals surface area (Å²) in [6.45, 7) is 5.26. The van der Waals surface area contributed by atoms with Gasteiger partial charge in [0.05, 0.1) is 6.54 Å². The molecule has 4 rings (SSSR count). The monoisotopic (exact) mass is 431 g/mol. The molecule has 166 valence electrons. The second-order valence-electron chi connectivity index (χ2n) is 7.90. The van der Waals surface area contributed by atoms with Crippen LogP contribution >= 0.6 is 0 Å². The van der Waals surface area contributed by atoms with Crippen LogP contribution in [0.3, 0.4) is 0 Å². The quantitative estimate of drug-likeness (QED) is 0.382. The highest BCUT2D eigenvalue weighted by molar-refractivity contribution is 5.80. The van der Waals surface area contributed by atoms with Crippen LogP contribution in [0.25, 0.3) is 22.5 Å². The fourth-order valence-electron chi connectivity index (χ4n) is 3.93. The van der Waals surface area contributed by atoms with Gasteiger partial charge in [-0.05, 0) is 40.5 Å². The van der Waals surface area contributed by atoms with Gasteiger partial charge in [-0.25, -0.2) is 14.6 Å². The Morgan fingerprint density at radius 2 is 1.72 bits per heavy atom. The van der Waals surface area contributed by atoms with E-state index in [0.29, 0.717) is 18.9 Å². The Balaban J connectivity index is 1.57. The number of hydrogen-bond acceptors (Lipinski definition) is 5. The fourth-order valence-corrected chi connectivity index (χ4v) is 3.93. The van der Waals surface area contributed by atoms with E-state index in [2.05, 4.69) is 63.0 Å². The third-order valence-corrected chi connectivity index (χ3v) is 5.69.